The Morgan fingerprint density at radius 3 is 2.11 bits per heavy atom. The van der Waals surface area contributed by atoms with Crippen LogP contribution in [0, 0.1) is 6.92 Å². The molecule has 3 aromatic carbocycles. The largest absolute Gasteiger partial charge is 0.497 e. The Morgan fingerprint density at radius 1 is 0.893 bits per heavy atom. The van der Waals surface area contributed by atoms with Crippen molar-refractivity contribution in [2.75, 3.05) is 7.11 Å². The summed E-state index contributed by atoms with van der Waals surface area (Å²) < 4.78 is 5.19. The maximum Gasteiger partial charge on any atom is 0.233 e. The third-order valence-electron chi connectivity index (χ3n) is 4.57. The molecule has 0 saturated carbocycles. The van der Waals surface area contributed by atoms with Crippen molar-refractivity contribution in [2.45, 2.75) is 30.0 Å². The first-order chi connectivity index (χ1) is 13.6. The van der Waals surface area contributed by atoms with Gasteiger partial charge >= 0.3 is 0 Å². The third-order valence-corrected chi connectivity index (χ3v) is 5.68. The van der Waals surface area contributed by atoms with Gasteiger partial charge in [0, 0.05) is 4.90 Å². The average Bonchev–Trinajstić information content (AvgIpc) is 2.73. The molecular weight excluding hydrogens is 366 g/mol. The fourth-order valence-corrected chi connectivity index (χ4v) is 3.81. The molecule has 0 aliphatic rings. The van der Waals surface area contributed by atoms with Crippen molar-refractivity contribution in [3.63, 3.8) is 0 Å². The van der Waals surface area contributed by atoms with Crippen molar-refractivity contribution in [2.24, 2.45) is 0 Å². The minimum atomic E-state index is -0.218. The van der Waals surface area contributed by atoms with Gasteiger partial charge in [-0.15, -0.1) is 11.8 Å². The van der Waals surface area contributed by atoms with Gasteiger partial charge in [-0.1, -0.05) is 60.2 Å². The van der Waals surface area contributed by atoms with Gasteiger partial charge in [0.05, 0.1) is 18.4 Å². The zero-order chi connectivity index (χ0) is 19.9. The van der Waals surface area contributed by atoms with E-state index >= 15 is 0 Å². The molecule has 0 bridgehead atoms. The molecule has 3 rings (SSSR count). The van der Waals surface area contributed by atoms with Crippen LogP contribution in [-0.4, -0.2) is 18.3 Å². The van der Waals surface area contributed by atoms with Crippen molar-refractivity contribution in [1.29, 1.82) is 0 Å². The highest BCUT2D eigenvalue weighted by Gasteiger charge is 2.21. The van der Waals surface area contributed by atoms with Gasteiger partial charge in [-0.3, -0.25) is 4.79 Å². The van der Waals surface area contributed by atoms with Crippen LogP contribution in [0.5, 0.6) is 5.75 Å². The summed E-state index contributed by atoms with van der Waals surface area (Å²) in [5, 5.41) is 3.01. The molecule has 0 aromatic heterocycles. The Hall–Kier alpha value is -2.72. The average molecular weight is 392 g/mol. The van der Waals surface area contributed by atoms with Gasteiger partial charge in [0.2, 0.25) is 5.91 Å². The van der Waals surface area contributed by atoms with Crippen LogP contribution in [0.3, 0.4) is 0 Å². The van der Waals surface area contributed by atoms with Crippen LogP contribution in [0.25, 0.3) is 0 Å². The van der Waals surface area contributed by atoms with Crippen molar-refractivity contribution < 1.29 is 9.53 Å². The van der Waals surface area contributed by atoms with Crippen molar-refractivity contribution in [1.82, 2.24) is 5.32 Å². The lowest BCUT2D eigenvalue weighted by atomic mass is 9.97. The van der Waals surface area contributed by atoms with Crippen LogP contribution in [0.2, 0.25) is 0 Å². The number of methoxy groups -OCH3 is 1. The Kier molecular flexibility index (Phi) is 6.77. The molecule has 0 spiro atoms. The number of carbonyl (C=O) groups is 1. The van der Waals surface area contributed by atoms with Crippen molar-refractivity contribution in [3.8, 4) is 5.75 Å². The normalized spacial score (nSPS) is 12.8. The molecule has 3 aromatic rings. The van der Waals surface area contributed by atoms with E-state index in [1.54, 1.807) is 7.11 Å². The van der Waals surface area contributed by atoms with Gasteiger partial charge in [-0.05, 0) is 49.2 Å². The number of nitrogens with one attached hydrogen (secondary N) is 1. The van der Waals surface area contributed by atoms with E-state index < -0.39 is 0 Å². The molecule has 0 unspecified atom stereocenters. The third kappa shape index (κ3) is 5.17. The quantitative estimate of drug-likeness (QED) is 0.549. The predicted octanol–water partition coefficient (Wildman–Crippen LogP) is 5.39. The molecule has 28 heavy (non-hydrogen) atoms. The zero-order valence-electron chi connectivity index (χ0n) is 16.4. The van der Waals surface area contributed by atoms with Crippen molar-refractivity contribution in [3.05, 3.63) is 95.6 Å². The number of thioether (sulfide) groups is 1. The summed E-state index contributed by atoms with van der Waals surface area (Å²) in [7, 11) is 1.65. The smallest absolute Gasteiger partial charge is 0.233 e. The molecule has 2 atom stereocenters. The highest BCUT2D eigenvalue weighted by Crippen LogP contribution is 2.27. The highest BCUT2D eigenvalue weighted by molar-refractivity contribution is 8.00. The molecule has 0 aliphatic heterocycles. The lowest BCUT2D eigenvalue weighted by Crippen LogP contribution is -2.34. The number of rotatable bonds is 7. The van der Waals surface area contributed by atoms with Crippen LogP contribution in [0.1, 0.15) is 29.7 Å². The maximum atomic E-state index is 12.9. The number of carbonyl (C=O) groups excluding carboxylic acids is 1. The molecule has 4 heteroatoms. The Morgan fingerprint density at radius 2 is 1.50 bits per heavy atom. The second-order valence-corrected chi connectivity index (χ2v) is 8.11. The second kappa shape index (κ2) is 9.47. The van der Waals surface area contributed by atoms with E-state index in [4.69, 9.17) is 4.74 Å². The van der Waals surface area contributed by atoms with Gasteiger partial charge < -0.3 is 10.1 Å². The summed E-state index contributed by atoms with van der Waals surface area (Å²) in [6.45, 7) is 3.99. The summed E-state index contributed by atoms with van der Waals surface area (Å²) in [5.41, 5.74) is 3.35. The SMILES string of the molecule is COc1ccc(S[C@H](C)C(=O)N[C@H](c2ccccc2)c2ccc(C)cc2)cc1. The first kappa shape index (κ1) is 20.0. The van der Waals surface area contributed by atoms with E-state index in [0.29, 0.717) is 0 Å². The van der Waals surface area contributed by atoms with E-state index in [2.05, 4.69) is 36.5 Å². The molecule has 1 N–H and O–H groups in total. The number of hydrogen-bond donors (Lipinski definition) is 1. The van der Waals surface area contributed by atoms with Crippen LogP contribution in [0.4, 0.5) is 0 Å². The van der Waals surface area contributed by atoms with Gasteiger partial charge in [-0.25, -0.2) is 0 Å². The summed E-state index contributed by atoms with van der Waals surface area (Å²) in [6.07, 6.45) is 0. The summed E-state index contributed by atoms with van der Waals surface area (Å²) in [4.78, 5) is 14.0. The summed E-state index contributed by atoms with van der Waals surface area (Å²) in [5.74, 6) is 0.820. The maximum absolute atomic E-state index is 12.9. The molecule has 0 aliphatic carbocycles. The van der Waals surface area contributed by atoms with E-state index in [1.165, 1.54) is 17.3 Å². The number of benzene rings is 3. The minimum absolute atomic E-state index is 0.00949. The second-order valence-electron chi connectivity index (χ2n) is 6.70. The van der Waals surface area contributed by atoms with E-state index in [-0.39, 0.29) is 17.2 Å². The fourth-order valence-electron chi connectivity index (χ4n) is 2.94. The number of aryl methyl sites for hydroxylation is 1. The molecule has 0 heterocycles. The standard InChI is InChI=1S/C24H25NO2S/c1-17-9-11-20(12-10-17)23(19-7-5-4-6-8-19)25-24(26)18(2)28-22-15-13-21(27-3)14-16-22/h4-16,18,23H,1-3H3,(H,25,26)/t18-,23-/m1/s1. The Balaban J connectivity index is 1.75. The van der Waals surface area contributed by atoms with E-state index in [0.717, 1.165) is 21.8 Å². The fraction of sp³-hybridized carbons (Fsp3) is 0.208. The molecular formula is C24H25NO2S. The van der Waals surface area contributed by atoms with Gasteiger partial charge in [0.1, 0.15) is 5.75 Å². The van der Waals surface area contributed by atoms with Gasteiger partial charge in [0.15, 0.2) is 0 Å². The molecule has 144 valence electrons. The number of ether oxygens (including phenoxy) is 1. The molecule has 0 saturated heterocycles. The van der Waals surface area contributed by atoms with Crippen molar-refractivity contribution >= 4 is 17.7 Å². The van der Waals surface area contributed by atoms with E-state index in [9.17, 15) is 4.79 Å². The first-order valence-electron chi connectivity index (χ1n) is 9.29. The predicted molar refractivity (Wildman–Crippen MR) is 116 cm³/mol. The monoisotopic (exact) mass is 391 g/mol. The first-order valence-corrected chi connectivity index (χ1v) is 10.2. The minimum Gasteiger partial charge on any atom is -0.497 e. The Bertz CT molecular complexity index is 892. The lowest BCUT2D eigenvalue weighted by Gasteiger charge is -2.22. The summed E-state index contributed by atoms with van der Waals surface area (Å²) in [6, 6.07) is 26.0. The number of hydrogen-bond acceptors (Lipinski definition) is 3. The van der Waals surface area contributed by atoms with Crippen LogP contribution in [0.15, 0.2) is 83.8 Å². The lowest BCUT2D eigenvalue weighted by molar-refractivity contribution is -0.120. The highest BCUT2D eigenvalue weighted by atomic mass is 32.2. The van der Waals surface area contributed by atoms with Gasteiger partial charge in [0.25, 0.3) is 0 Å². The van der Waals surface area contributed by atoms with Crippen LogP contribution in [-0.2, 0) is 4.79 Å². The summed E-state index contributed by atoms with van der Waals surface area (Å²) >= 11 is 1.54. The molecule has 0 radical (unpaired) electrons. The van der Waals surface area contributed by atoms with E-state index in [1.807, 2.05) is 61.5 Å². The van der Waals surface area contributed by atoms with Crippen LogP contribution >= 0.6 is 11.8 Å². The number of amides is 1. The molecule has 3 nitrogen and oxygen atoms in total. The zero-order valence-corrected chi connectivity index (χ0v) is 17.2. The topological polar surface area (TPSA) is 38.3 Å². The van der Waals surface area contributed by atoms with Crippen LogP contribution < -0.4 is 10.1 Å². The molecule has 1 amide bonds. The van der Waals surface area contributed by atoms with Gasteiger partial charge in [-0.2, -0.15) is 0 Å². The molecule has 0 fully saturated rings. The Labute approximate surface area is 171 Å².